The van der Waals surface area contributed by atoms with Crippen LogP contribution in [0.25, 0.3) is 0 Å². The van der Waals surface area contributed by atoms with Crippen LogP contribution in [0.5, 0.6) is 0 Å². The van der Waals surface area contributed by atoms with E-state index in [9.17, 15) is 18.0 Å². The number of piperidine rings is 1. The summed E-state index contributed by atoms with van der Waals surface area (Å²) >= 11 is 0. The molecule has 2 fully saturated rings. The molecule has 0 aliphatic carbocycles. The Morgan fingerprint density at radius 1 is 1.38 bits per heavy atom. The minimum Gasteiger partial charge on any atom is -0.384 e. The second-order valence-corrected chi connectivity index (χ2v) is 8.55. The van der Waals surface area contributed by atoms with E-state index in [0.29, 0.717) is 50.7 Å². The number of alkyl halides is 3. The van der Waals surface area contributed by atoms with Gasteiger partial charge in [-0.15, -0.1) is 0 Å². The monoisotopic (exact) mass is 448 g/mol. The zero-order chi connectivity index (χ0) is 23.1. The van der Waals surface area contributed by atoms with E-state index in [1.54, 1.807) is 37.1 Å². The molecular weight excluding hydrogens is 425 g/mol. The first-order chi connectivity index (χ1) is 15.2. The average molecular weight is 448 g/mol. The number of likely N-dealkylation sites (tertiary alicyclic amines) is 1. The maximum Gasteiger partial charge on any atom is 0.417 e. The van der Waals surface area contributed by atoms with Crippen molar-refractivity contribution in [1.29, 1.82) is 5.26 Å². The highest BCUT2D eigenvalue weighted by Gasteiger charge is 2.51. The van der Waals surface area contributed by atoms with Gasteiger partial charge in [-0.3, -0.25) is 4.79 Å². The lowest BCUT2D eigenvalue weighted by Gasteiger charge is -2.43. The lowest BCUT2D eigenvalue weighted by Crippen LogP contribution is -2.53. The van der Waals surface area contributed by atoms with Gasteiger partial charge in [-0.1, -0.05) is 5.16 Å². The van der Waals surface area contributed by atoms with Crippen LogP contribution >= 0.6 is 0 Å². The quantitative estimate of drug-likeness (QED) is 0.712. The Morgan fingerprint density at radius 2 is 2.16 bits per heavy atom. The van der Waals surface area contributed by atoms with Crippen molar-refractivity contribution in [2.24, 2.45) is 11.3 Å². The standard InChI is InChI=1S/C22H23F3N4O3/c1-14-7-19(27-32-14)20(30)28-6-5-16-10-29(12-21(16,11-28)13-31-2)17-4-3-15(9-26)18(8-17)22(23,24)25/h3-4,7-8,16H,5-6,10-13H2,1-2H3/t16-,21+/m1/s1. The fourth-order valence-corrected chi connectivity index (χ4v) is 4.94. The topological polar surface area (TPSA) is 82.6 Å². The van der Waals surface area contributed by atoms with E-state index in [-0.39, 0.29) is 17.5 Å². The number of methoxy groups -OCH3 is 1. The molecule has 170 valence electrons. The molecule has 0 bridgehead atoms. The fourth-order valence-electron chi connectivity index (χ4n) is 4.94. The van der Waals surface area contributed by atoms with E-state index in [2.05, 4.69) is 5.16 Å². The number of halogens is 3. The van der Waals surface area contributed by atoms with Gasteiger partial charge in [-0.25, -0.2) is 0 Å². The Balaban J connectivity index is 1.60. The molecule has 1 aromatic heterocycles. The van der Waals surface area contributed by atoms with E-state index < -0.39 is 22.7 Å². The van der Waals surface area contributed by atoms with Crippen LogP contribution in [0.2, 0.25) is 0 Å². The van der Waals surface area contributed by atoms with Crippen LogP contribution in [0.1, 0.15) is 33.8 Å². The number of nitriles is 1. The molecule has 0 N–H and O–H groups in total. The van der Waals surface area contributed by atoms with Crippen molar-refractivity contribution in [2.45, 2.75) is 19.5 Å². The maximum absolute atomic E-state index is 13.4. The third-order valence-electron chi connectivity index (χ3n) is 6.43. The first-order valence-corrected chi connectivity index (χ1v) is 10.2. The predicted octanol–water partition coefficient (Wildman–Crippen LogP) is 3.49. The molecule has 0 unspecified atom stereocenters. The zero-order valence-corrected chi connectivity index (χ0v) is 17.8. The van der Waals surface area contributed by atoms with Crippen LogP contribution in [-0.2, 0) is 10.9 Å². The van der Waals surface area contributed by atoms with Crippen molar-refractivity contribution in [1.82, 2.24) is 10.1 Å². The number of aromatic nitrogens is 1. The molecule has 0 spiro atoms. The molecule has 1 aromatic carbocycles. The predicted molar refractivity (Wildman–Crippen MR) is 108 cm³/mol. The van der Waals surface area contributed by atoms with Gasteiger partial charge in [0.25, 0.3) is 5.91 Å². The van der Waals surface area contributed by atoms with Gasteiger partial charge in [0.2, 0.25) is 0 Å². The number of ether oxygens (including phenoxy) is 1. The number of hydrogen-bond acceptors (Lipinski definition) is 6. The summed E-state index contributed by atoms with van der Waals surface area (Å²) in [6.07, 6.45) is -3.92. The van der Waals surface area contributed by atoms with Crippen molar-refractivity contribution >= 4 is 11.6 Å². The first-order valence-electron chi connectivity index (χ1n) is 10.2. The zero-order valence-electron chi connectivity index (χ0n) is 17.8. The summed E-state index contributed by atoms with van der Waals surface area (Å²) in [5.41, 5.74) is -1.11. The molecule has 0 saturated carbocycles. The Hall–Kier alpha value is -3.06. The maximum atomic E-state index is 13.4. The van der Waals surface area contributed by atoms with Crippen LogP contribution in [0, 0.1) is 29.6 Å². The molecule has 2 aromatic rings. The highest BCUT2D eigenvalue weighted by Crippen LogP contribution is 2.45. The first kappa shape index (κ1) is 22.1. The molecule has 2 saturated heterocycles. The van der Waals surface area contributed by atoms with Crippen LogP contribution < -0.4 is 4.90 Å². The Labute approximate surface area is 183 Å². The number of aryl methyl sites for hydroxylation is 1. The van der Waals surface area contributed by atoms with Crippen molar-refractivity contribution < 1.29 is 27.2 Å². The number of nitrogens with zero attached hydrogens (tertiary/aromatic N) is 4. The number of fused-ring (bicyclic) bond motifs is 1. The van der Waals surface area contributed by atoms with Crippen LogP contribution in [0.3, 0.4) is 0 Å². The summed E-state index contributed by atoms with van der Waals surface area (Å²) in [5.74, 6) is 0.464. The molecule has 2 aliphatic rings. The van der Waals surface area contributed by atoms with Gasteiger partial charge in [0.15, 0.2) is 5.69 Å². The molecule has 2 atom stereocenters. The molecule has 3 heterocycles. The molecule has 2 aliphatic heterocycles. The van der Waals surface area contributed by atoms with Gasteiger partial charge in [0.05, 0.1) is 23.8 Å². The number of carbonyl (C=O) groups excluding carboxylic acids is 1. The van der Waals surface area contributed by atoms with E-state index >= 15 is 0 Å². The second kappa shape index (κ2) is 8.13. The number of carbonyl (C=O) groups is 1. The summed E-state index contributed by atoms with van der Waals surface area (Å²) in [6.45, 7) is 4.02. The van der Waals surface area contributed by atoms with E-state index in [0.717, 1.165) is 6.07 Å². The minimum atomic E-state index is -4.61. The third kappa shape index (κ3) is 3.93. The lowest BCUT2D eigenvalue weighted by molar-refractivity contribution is -0.137. The van der Waals surface area contributed by atoms with Crippen molar-refractivity contribution in [2.75, 3.05) is 44.8 Å². The Bertz CT molecular complexity index is 1060. The fraction of sp³-hybridized carbons (Fsp3) is 0.500. The van der Waals surface area contributed by atoms with Gasteiger partial charge in [-0.05, 0) is 37.5 Å². The summed E-state index contributed by atoms with van der Waals surface area (Å²) in [4.78, 5) is 16.5. The third-order valence-corrected chi connectivity index (χ3v) is 6.43. The second-order valence-electron chi connectivity index (χ2n) is 8.55. The molecule has 7 nitrogen and oxygen atoms in total. The van der Waals surface area contributed by atoms with Gasteiger partial charge >= 0.3 is 6.18 Å². The molecule has 4 rings (SSSR count). The molecule has 10 heteroatoms. The summed E-state index contributed by atoms with van der Waals surface area (Å²) in [6, 6.07) is 7.01. The summed E-state index contributed by atoms with van der Waals surface area (Å²) in [5, 5.41) is 12.9. The van der Waals surface area contributed by atoms with E-state index in [1.165, 1.54) is 6.07 Å². The van der Waals surface area contributed by atoms with Gasteiger partial charge in [-0.2, -0.15) is 18.4 Å². The smallest absolute Gasteiger partial charge is 0.384 e. The lowest BCUT2D eigenvalue weighted by atomic mass is 9.74. The molecule has 32 heavy (non-hydrogen) atoms. The Morgan fingerprint density at radius 3 is 2.78 bits per heavy atom. The summed E-state index contributed by atoms with van der Waals surface area (Å²) < 4.78 is 50.9. The van der Waals surface area contributed by atoms with Gasteiger partial charge < -0.3 is 19.1 Å². The number of rotatable bonds is 4. The van der Waals surface area contributed by atoms with Crippen molar-refractivity contribution in [3.63, 3.8) is 0 Å². The highest BCUT2D eigenvalue weighted by atomic mass is 19.4. The number of hydrogen-bond donors (Lipinski definition) is 0. The Kier molecular flexibility index (Phi) is 5.63. The molecule has 0 radical (unpaired) electrons. The number of benzene rings is 1. The van der Waals surface area contributed by atoms with E-state index in [4.69, 9.17) is 14.5 Å². The highest BCUT2D eigenvalue weighted by molar-refractivity contribution is 5.92. The number of amides is 1. The average Bonchev–Trinajstić information content (AvgIpc) is 3.35. The normalized spacial score (nSPS) is 23.2. The minimum absolute atomic E-state index is 0.149. The van der Waals surface area contributed by atoms with E-state index in [1.807, 2.05) is 4.90 Å². The summed E-state index contributed by atoms with van der Waals surface area (Å²) in [7, 11) is 1.58. The molecular formula is C22H23F3N4O3. The van der Waals surface area contributed by atoms with Crippen molar-refractivity contribution in [3.05, 3.63) is 46.8 Å². The van der Waals surface area contributed by atoms with Crippen LogP contribution in [0.4, 0.5) is 18.9 Å². The van der Waals surface area contributed by atoms with Crippen LogP contribution in [0.15, 0.2) is 28.8 Å². The van der Waals surface area contributed by atoms with Crippen molar-refractivity contribution in [3.8, 4) is 6.07 Å². The van der Waals surface area contributed by atoms with Gasteiger partial charge in [0, 0.05) is 50.5 Å². The largest absolute Gasteiger partial charge is 0.417 e. The van der Waals surface area contributed by atoms with Crippen LogP contribution in [-0.4, -0.2) is 55.9 Å². The number of anilines is 1. The van der Waals surface area contributed by atoms with Gasteiger partial charge in [0.1, 0.15) is 5.76 Å². The molecule has 1 amide bonds. The SMILES string of the molecule is COC[C@@]12CN(C(=O)c3cc(C)on3)CC[C@@H]1CN(c1ccc(C#N)c(C(F)(F)F)c1)C2.